The van der Waals surface area contributed by atoms with Crippen molar-refractivity contribution in [2.45, 2.75) is 13.3 Å². The summed E-state index contributed by atoms with van der Waals surface area (Å²) in [6.45, 7) is 2.03. The van der Waals surface area contributed by atoms with E-state index < -0.39 is 0 Å². The Morgan fingerprint density at radius 2 is 2.00 bits per heavy atom. The summed E-state index contributed by atoms with van der Waals surface area (Å²) < 4.78 is 6.29. The Hall–Kier alpha value is -1.36. The summed E-state index contributed by atoms with van der Waals surface area (Å²) in [6.07, 6.45) is 0.401. The molecule has 0 amide bonds. The summed E-state index contributed by atoms with van der Waals surface area (Å²) >= 11 is 2.20. The van der Waals surface area contributed by atoms with Crippen LogP contribution in [0.25, 0.3) is 0 Å². The quantitative estimate of drug-likeness (QED) is 0.603. The number of halogens is 1. The van der Waals surface area contributed by atoms with Crippen LogP contribution in [0, 0.1) is 10.5 Å². The van der Waals surface area contributed by atoms with Gasteiger partial charge in [0.05, 0.1) is 12.7 Å². The highest BCUT2D eigenvalue weighted by molar-refractivity contribution is 14.1. The lowest BCUT2D eigenvalue weighted by Gasteiger charge is -2.08. The summed E-state index contributed by atoms with van der Waals surface area (Å²) in [5, 5.41) is 0. The van der Waals surface area contributed by atoms with Crippen molar-refractivity contribution in [2.75, 3.05) is 7.11 Å². The fourth-order valence-electron chi connectivity index (χ4n) is 2.00. The molecule has 0 unspecified atom stereocenters. The number of benzene rings is 2. The zero-order chi connectivity index (χ0) is 13.8. The lowest BCUT2D eigenvalue weighted by molar-refractivity contribution is 0.0990. The van der Waals surface area contributed by atoms with Crippen molar-refractivity contribution in [2.24, 2.45) is 0 Å². The van der Waals surface area contributed by atoms with Crippen LogP contribution in [0.4, 0.5) is 0 Å². The van der Waals surface area contributed by atoms with E-state index in [9.17, 15) is 4.79 Å². The minimum Gasteiger partial charge on any atom is -0.496 e. The number of methoxy groups -OCH3 is 1. The van der Waals surface area contributed by atoms with Gasteiger partial charge in [0.15, 0.2) is 5.78 Å². The van der Waals surface area contributed by atoms with Crippen LogP contribution in [-0.4, -0.2) is 12.9 Å². The summed E-state index contributed by atoms with van der Waals surface area (Å²) in [5.74, 6) is 0.721. The van der Waals surface area contributed by atoms with Crippen LogP contribution < -0.4 is 4.74 Å². The highest BCUT2D eigenvalue weighted by Gasteiger charge is 2.13. The van der Waals surface area contributed by atoms with Crippen molar-refractivity contribution < 1.29 is 9.53 Å². The average molecular weight is 366 g/mol. The van der Waals surface area contributed by atoms with Crippen molar-refractivity contribution in [3.8, 4) is 5.75 Å². The summed E-state index contributed by atoms with van der Waals surface area (Å²) in [6, 6.07) is 13.7. The monoisotopic (exact) mass is 366 g/mol. The van der Waals surface area contributed by atoms with Crippen LogP contribution in [0.5, 0.6) is 5.75 Å². The van der Waals surface area contributed by atoms with Gasteiger partial charge in [-0.2, -0.15) is 0 Å². The Kier molecular flexibility index (Phi) is 4.58. The number of Topliss-reactive ketones (excluding diaryl/α,β-unsaturated/α-hetero) is 1. The van der Waals surface area contributed by atoms with Crippen molar-refractivity contribution in [3.05, 3.63) is 62.7 Å². The topological polar surface area (TPSA) is 26.3 Å². The van der Waals surface area contributed by atoms with E-state index in [1.807, 2.05) is 49.4 Å². The molecule has 3 heteroatoms. The molecule has 0 saturated carbocycles. The minimum atomic E-state index is 0.0842. The van der Waals surface area contributed by atoms with Gasteiger partial charge in [0.25, 0.3) is 0 Å². The molecule has 2 aromatic rings. The lowest BCUT2D eigenvalue weighted by Crippen LogP contribution is -2.06. The molecule has 0 aliphatic carbocycles. The van der Waals surface area contributed by atoms with Gasteiger partial charge in [0.1, 0.15) is 5.75 Å². The van der Waals surface area contributed by atoms with E-state index >= 15 is 0 Å². The Bertz CT molecular complexity index is 605. The van der Waals surface area contributed by atoms with Crippen LogP contribution in [0.2, 0.25) is 0 Å². The van der Waals surface area contributed by atoms with Gasteiger partial charge in [0.2, 0.25) is 0 Å². The molecular formula is C16H15IO2. The first kappa shape index (κ1) is 14.1. The second-order valence-electron chi connectivity index (χ2n) is 4.43. The number of carbonyl (C=O) groups excluding carboxylic acids is 1. The van der Waals surface area contributed by atoms with Gasteiger partial charge < -0.3 is 4.74 Å². The number of ketones is 1. The van der Waals surface area contributed by atoms with E-state index in [1.165, 1.54) is 5.56 Å². The summed E-state index contributed by atoms with van der Waals surface area (Å²) in [7, 11) is 1.59. The highest BCUT2D eigenvalue weighted by Crippen LogP contribution is 2.22. The van der Waals surface area contributed by atoms with Crippen LogP contribution in [-0.2, 0) is 6.42 Å². The fraction of sp³-hybridized carbons (Fsp3) is 0.188. The van der Waals surface area contributed by atoms with Crippen LogP contribution in [0.15, 0.2) is 42.5 Å². The lowest BCUT2D eigenvalue weighted by atomic mass is 10.0. The maximum atomic E-state index is 12.4. The number of ether oxygens (including phenoxy) is 1. The number of rotatable bonds is 4. The SMILES string of the molecule is COc1ccc(I)cc1C(=O)Cc1cccc(C)c1. The molecule has 0 bridgehead atoms. The van der Waals surface area contributed by atoms with Crippen molar-refractivity contribution in [1.82, 2.24) is 0 Å². The van der Waals surface area contributed by atoms with Gasteiger partial charge in [-0.05, 0) is 53.3 Å². The van der Waals surface area contributed by atoms with E-state index in [0.717, 1.165) is 9.13 Å². The molecule has 0 N–H and O–H groups in total. The van der Waals surface area contributed by atoms with Crippen LogP contribution in [0.1, 0.15) is 21.5 Å². The molecule has 2 nitrogen and oxygen atoms in total. The Morgan fingerprint density at radius 3 is 2.68 bits per heavy atom. The number of hydrogen-bond donors (Lipinski definition) is 0. The summed E-state index contributed by atoms with van der Waals surface area (Å²) in [5.41, 5.74) is 2.85. The van der Waals surface area contributed by atoms with Gasteiger partial charge in [-0.15, -0.1) is 0 Å². The van der Waals surface area contributed by atoms with Gasteiger partial charge in [-0.1, -0.05) is 29.8 Å². The first-order chi connectivity index (χ1) is 9.10. The molecule has 0 atom stereocenters. The molecule has 0 spiro atoms. The Morgan fingerprint density at radius 1 is 1.21 bits per heavy atom. The van der Waals surface area contributed by atoms with E-state index in [4.69, 9.17) is 4.74 Å². The molecule has 0 aliphatic rings. The van der Waals surface area contributed by atoms with Crippen LogP contribution >= 0.6 is 22.6 Å². The number of carbonyl (C=O) groups is 1. The molecule has 19 heavy (non-hydrogen) atoms. The average Bonchev–Trinajstić information content (AvgIpc) is 2.38. The molecular weight excluding hydrogens is 351 g/mol. The molecule has 0 aliphatic heterocycles. The molecule has 0 radical (unpaired) electrons. The predicted molar refractivity (Wildman–Crippen MR) is 84.9 cm³/mol. The Balaban J connectivity index is 2.27. The Labute approximate surface area is 126 Å². The highest BCUT2D eigenvalue weighted by atomic mass is 127. The zero-order valence-corrected chi connectivity index (χ0v) is 13.1. The second-order valence-corrected chi connectivity index (χ2v) is 5.68. The van der Waals surface area contributed by atoms with E-state index in [-0.39, 0.29) is 5.78 Å². The molecule has 2 aromatic carbocycles. The maximum absolute atomic E-state index is 12.4. The third-order valence-electron chi connectivity index (χ3n) is 2.91. The molecule has 0 saturated heterocycles. The van der Waals surface area contributed by atoms with Crippen molar-refractivity contribution in [3.63, 3.8) is 0 Å². The smallest absolute Gasteiger partial charge is 0.170 e. The minimum absolute atomic E-state index is 0.0842. The largest absolute Gasteiger partial charge is 0.496 e. The molecule has 0 aromatic heterocycles. The van der Waals surface area contributed by atoms with E-state index in [1.54, 1.807) is 7.11 Å². The standard InChI is InChI=1S/C16H15IO2/c1-11-4-3-5-12(8-11)9-15(18)14-10-13(17)6-7-16(14)19-2/h3-8,10H,9H2,1-2H3. The first-order valence-corrected chi connectivity index (χ1v) is 7.10. The summed E-state index contributed by atoms with van der Waals surface area (Å²) in [4.78, 5) is 12.4. The zero-order valence-electron chi connectivity index (χ0n) is 10.9. The number of hydrogen-bond acceptors (Lipinski definition) is 2. The molecule has 98 valence electrons. The second kappa shape index (κ2) is 6.19. The maximum Gasteiger partial charge on any atom is 0.170 e. The molecule has 0 heterocycles. The van der Waals surface area contributed by atoms with E-state index in [0.29, 0.717) is 17.7 Å². The van der Waals surface area contributed by atoms with Crippen molar-refractivity contribution >= 4 is 28.4 Å². The molecule has 0 fully saturated rings. The fourth-order valence-corrected chi connectivity index (χ4v) is 2.49. The van der Waals surface area contributed by atoms with Crippen LogP contribution in [0.3, 0.4) is 0 Å². The first-order valence-electron chi connectivity index (χ1n) is 6.02. The van der Waals surface area contributed by atoms with Gasteiger partial charge >= 0.3 is 0 Å². The van der Waals surface area contributed by atoms with Crippen molar-refractivity contribution in [1.29, 1.82) is 0 Å². The third kappa shape index (κ3) is 3.56. The molecule has 2 rings (SSSR count). The normalized spacial score (nSPS) is 10.3. The van der Waals surface area contributed by atoms with Gasteiger partial charge in [0, 0.05) is 9.99 Å². The number of aryl methyl sites for hydroxylation is 1. The van der Waals surface area contributed by atoms with Gasteiger partial charge in [-0.3, -0.25) is 4.79 Å². The van der Waals surface area contributed by atoms with Gasteiger partial charge in [-0.25, -0.2) is 0 Å². The third-order valence-corrected chi connectivity index (χ3v) is 3.58. The van der Waals surface area contributed by atoms with E-state index in [2.05, 4.69) is 22.6 Å². The predicted octanol–water partition coefficient (Wildman–Crippen LogP) is 4.03.